The zero-order chi connectivity index (χ0) is 16.3. The first-order chi connectivity index (χ1) is 9.53. The van der Waals surface area contributed by atoms with E-state index in [0.29, 0.717) is 5.56 Å². The Morgan fingerprint density at radius 3 is 1.95 bits per heavy atom. The summed E-state index contributed by atoms with van der Waals surface area (Å²) in [5, 5.41) is 0. The lowest BCUT2D eigenvalue weighted by Crippen LogP contribution is -2.53. The van der Waals surface area contributed by atoms with Crippen LogP contribution in [0.15, 0.2) is 30.3 Å². The molecule has 0 saturated carbocycles. The van der Waals surface area contributed by atoms with Crippen LogP contribution in [0.4, 0.5) is 26.3 Å². The summed E-state index contributed by atoms with van der Waals surface area (Å²) in [4.78, 5) is 11.3. The van der Waals surface area contributed by atoms with Crippen molar-refractivity contribution in [3.05, 3.63) is 35.9 Å². The molecule has 0 aliphatic carbocycles. The molecule has 0 spiro atoms. The molecule has 0 aliphatic heterocycles. The van der Waals surface area contributed by atoms with E-state index in [-0.39, 0.29) is 0 Å². The minimum absolute atomic E-state index is 0.411. The topological polar surface area (TPSA) is 52.3 Å². The Morgan fingerprint density at radius 2 is 1.52 bits per heavy atom. The van der Waals surface area contributed by atoms with Gasteiger partial charge < -0.3 is 10.5 Å². The predicted molar refractivity (Wildman–Crippen MR) is 59.8 cm³/mol. The smallest absolute Gasteiger partial charge is 0.402 e. The van der Waals surface area contributed by atoms with Crippen LogP contribution in [0.1, 0.15) is 5.56 Å². The molecule has 0 amide bonds. The summed E-state index contributed by atoms with van der Waals surface area (Å²) >= 11 is 0. The number of alkyl halides is 6. The maximum Gasteiger partial charge on any atom is 0.402 e. The average molecular weight is 315 g/mol. The molecule has 9 heteroatoms. The molecule has 1 unspecified atom stereocenters. The van der Waals surface area contributed by atoms with Crippen LogP contribution in [0, 0.1) is 5.92 Å². The van der Waals surface area contributed by atoms with E-state index in [1.165, 1.54) is 12.1 Å². The highest BCUT2D eigenvalue weighted by Crippen LogP contribution is 2.41. The molecule has 0 radical (unpaired) electrons. The number of rotatable bonds is 4. The van der Waals surface area contributed by atoms with E-state index in [2.05, 4.69) is 4.74 Å². The lowest BCUT2D eigenvalue weighted by molar-refractivity contribution is -0.289. The van der Waals surface area contributed by atoms with E-state index in [9.17, 15) is 31.1 Å². The van der Waals surface area contributed by atoms with Crippen LogP contribution in [0.3, 0.4) is 0 Å². The minimum atomic E-state index is -5.69. The first-order valence-corrected chi connectivity index (χ1v) is 5.63. The highest BCUT2D eigenvalue weighted by atomic mass is 19.4. The predicted octanol–water partition coefficient (Wildman–Crippen LogP) is 2.80. The average Bonchev–Trinajstić information content (AvgIpc) is 2.33. The molecule has 0 fully saturated rings. The number of carbonyl (C=O) groups is 1. The monoisotopic (exact) mass is 315 g/mol. The molecule has 21 heavy (non-hydrogen) atoms. The number of carbonyl (C=O) groups excluding carboxylic acids is 1. The maximum absolute atomic E-state index is 12.4. The van der Waals surface area contributed by atoms with E-state index >= 15 is 0 Å². The molecule has 0 bridgehead atoms. The van der Waals surface area contributed by atoms with Crippen LogP contribution in [0.2, 0.25) is 0 Å². The first kappa shape index (κ1) is 17.3. The molecule has 3 nitrogen and oxygen atoms in total. The van der Waals surface area contributed by atoms with Crippen molar-refractivity contribution in [2.45, 2.75) is 25.0 Å². The summed E-state index contributed by atoms with van der Waals surface area (Å²) in [6.45, 7) is -0.462. The molecule has 118 valence electrons. The minimum Gasteiger partial charge on any atom is -0.460 e. The van der Waals surface area contributed by atoms with Gasteiger partial charge >= 0.3 is 18.3 Å². The van der Waals surface area contributed by atoms with Gasteiger partial charge in [0.2, 0.25) is 0 Å². The molecule has 0 aromatic heterocycles. The van der Waals surface area contributed by atoms with Crippen LogP contribution in [0.25, 0.3) is 0 Å². The van der Waals surface area contributed by atoms with Crippen molar-refractivity contribution in [1.29, 1.82) is 0 Å². The highest BCUT2D eigenvalue weighted by molar-refractivity contribution is 5.76. The second kappa shape index (κ2) is 6.33. The van der Waals surface area contributed by atoms with E-state index in [0.717, 1.165) is 0 Å². The fourth-order valence-electron chi connectivity index (χ4n) is 1.55. The molecule has 0 saturated heterocycles. The molecule has 0 aliphatic rings. The van der Waals surface area contributed by atoms with Crippen molar-refractivity contribution in [1.82, 2.24) is 0 Å². The Labute approximate surface area is 115 Å². The third kappa shape index (κ3) is 4.92. The summed E-state index contributed by atoms with van der Waals surface area (Å²) in [6, 6.07) is 4.89. The van der Waals surface area contributed by atoms with Gasteiger partial charge in [-0.05, 0) is 5.56 Å². The fourth-order valence-corrected chi connectivity index (χ4v) is 1.55. The first-order valence-electron chi connectivity index (χ1n) is 5.63. The Hall–Kier alpha value is -1.77. The van der Waals surface area contributed by atoms with E-state index in [1.54, 1.807) is 18.2 Å². The Balaban J connectivity index is 2.76. The van der Waals surface area contributed by atoms with Crippen molar-refractivity contribution < 1.29 is 35.9 Å². The maximum atomic E-state index is 12.4. The molecule has 1 aromatic carbocycles. The van der Waals surface area contributed by atoms with Crippen LogP contribution in [0.5, 0.6) is 0 Å². The van der Waals surface area contributed by atoms with Crippen molar-refractivity contribution in [2.24, 2.45) is 11.7 Å². The SMILES string of the molecule is NC(C(=O)OCc1ccccc1)C(C(F)(F)F)C(F)(F)F. The summed E-state index contributed by atoms with van der Waals surface area (Å²) in [5.41, 5.74) is 5.19. The standard InChI is InChI=1S/C12H11F6NO2/c13-11(14,15)9(12(16,17)18)8(19)10(20)21-6-7-4-2-1-3-5-7/h1-5,8-9H,6,19H2. The van der Waals surface area contributed by atoms with E-state index in [4.69, 9.17) is 5.73 Å². The fraction of sp³-hybridized carbons (Fsp3) is 0.417. The van der Waals surface area contributed by atoms with Crippen LogP contribution in [-0.2, 0) is 16.1 Å². The van der Waals surface area contributed by atoms with Crippen LogP contribution < -0.4 is 5.73 Å². The third-order valence-corrected chi connectivity index (χ3v) is 2.56. The summed E-state index contributed by atoms with van der Waals surface area (Å²) in [7, 11) is 0. The van der Waals surface area contributed by atoms with Gasteiger partial charge in [-0.25, -0.2) is 0 Å². The molecule has 0 heterocycles. The second-order valence-corrected chi connectivity index (χ2v) is 4.18. The number of hydrogen-bond donors (Lipinski definition) is 1. The Morgan fingerprint density at radius 1 is 1.05 bits per heavy atom. The van der Waals surface area contributed by atoms with Gasteiger partial charge in [-0.15, -0.1) is 0 Å². The van der Waals surface area contributed by atoms with Gasteiger partial charge in [0.25, 0.3) is 0 Å². The molecule has 1 rings (SSSR count). The number of esters is 1. The number of halogens is 6. The van der Waals surface area contributed by atoms with E-state index in [1.807, 2.05) is 0 Å². The van der Waals surface area contributed by atoms with Gasteiger partial charge in [0.05, 0.1) is 0 Å². The second-order valence-electron chi connectivity index (χ2n) is 4.18. The van der Waals surface area contributed by atoms with Gasteiger partial charge in [0.15, 0.2) is 5.92 Å². The van der Waals surface area contributed by atoms with Crippen LogP contribution in [-0.4, -0.2) is 24.4 Å². The number of benzene rings is 1. The molecule has 1 aromatic rings. The summed E-state index contributed by atoms with van der Waals surface area (Å²) in [5.74, 6) is -5.73. The van der Waals surface area contributed by atoms with Crippen molar-refractivity contribution in [3.8, 4) is 0 Å². The van der Waals surface area contributed by atoms with Crippen LogP contribution >= 0.6 is 0 Å². The molecule has 1 atom stereocenters. The van der Waals surface area contributed by atoms with Crippen molar-refractivity contribution >= 4 is 5.97 Å². The quantitative estimate of drug-likeness (QED) is 0.687. The van der Waals surface area contributed by atoms with Crippen molar-refractivity contribution in [3.63, 3.8) is 0 Å². The Kier molecular flexibility index (Phi) is 5.21. The summed E-state index contributed by atoms with van der Waals surface area (Å²) < 4.78 is 78.7. The lowest BCUT2D eigenvalue weighted by Gasteiger charge is -2.26. The number of hydrogen-bond acceptors (Lipinski definition) is 3. The summed E-state index contributed by atoms with van der Waals surface area (Å²) in [6.07, 6.45) is -11.4. The molecular weight excluding hydrogens is 304 g/mol. The van der Waals surface area contributed by atoms with Crippen molar-refractivity contribution in [2.75, 3.05) is 0 Å². The Bertz CT molecular complexity index is 457. The molecule has 2 N–H and O–H groups in total. The third-order valence-electron chi connectivity index (χ3n) is 2.56. The van der Waals surface area contributed by atoms with Gasteiger partial charge in [-0.2, -0.15) is 26.3 Å². The lowest BCUT2D eigenvalue weighted by atomic mass is 9.99. The zero-order valence-corrected chi connectivity index (χ0v) is 10.4. The zero-order valence-electron chi connectivity index (χ0n) is 10.4. The van der Waals surface area contributed by atoms with Gasteiger partial charge in [-0.1, -0.05) is 30.3 Å². The van der Waals surface area contributed by atoms with E-state index < -0.39 is 36.9 Å². The number of ether oxygens (including phenoxy) is 1. The number of nitrogens with two attached hydrogens (primary N) is 1. The van der Waals surface area contributed by atoms with Gasteiger partial charge in [0.1, 0.15) is 12.6 Å². The normalized spacial score (nSPS) is 14.1. The highest BCUT2D eigenvalue weighted by Gasteiger charge is 2.61. The molecular formula is C12H11F6NO2. The van der Waals surface area contributed by atoms with Gasteiger partial charge in [-0.3, -0.25) is 4.79 Å². The largest absolute Gasteiger partial charge is 0.460 e. The van der Waals surface area contributed by atoms with Gasteiger partial charge in [0, 0.05) is 0 Å².